The molecule has 8 nitrogen and oxygen atoms in total. The van der Waals surface area contributed by atoms with Crippen molar-refractivity contribution < 1.29 is 13.8 Å². The lowest BCUT2D eigenvalue weighted by Crippen LogP contribution is -2.32. The van der Waals surface area contributed by atoms with Crippen molar-refractivity contribution in [2.75, 3.05) is 18.1 Å². The van der Waals surface area contributed by atoms with Crippen molar-refractivity contribution in [1.82, 2.24) is 14.3 Å². The van der Waals surface area contributed by atoms with Crippen molar-refractivity contribution in [1.29, 1.82) is 0 Å². The van der Waals surface area contributed by atoms with E-state index < -0.39 is 16.9 Å². The predicted molar refractivity (Wildman–Crippen MR) is 142 cm³/mol. The van der Waals surface area contributed by atoms with Crippen molar-refractivity contribution in [3.05, 3.63) is 77.6 Å². The number of benzene rings is 1. The van der Waals surface area contributed by atoms with Crippen molar-refractivity contribution in [3.8, 4) is 11.3 Å². The van der Waals surface area contributed by atoms with E-state index in [1.807, 2.05) is 36.7 Å². The minimum atomic E-state index is -1.24. The fourth-order valence-corrected chi connectivity index (χ4v) is 4.68. The Hall–Kier alpha value is -3.63. The summed E-state index contributed by atoms with van der Waals surface area (Å²) in [7, 11) is -1.24. The molecule has 0 aliphatic carbocycles. The number of carbonyl (C=O) groups is 2. The molecule has 2 amide bonds. The number of rotatable bonds is 7. The van der Waals surface area contributed by atoms with E-state index in [-0.39, 0.29) is 12.5 Å². The minimum Gasteiger partial charge on any atom is -0.343 e. The van der Waals surface area contributed by atoms with E-state index in [1.165, 1.54) is 27.8 Å². The molecular formula is C25H25N5O3S2. The maximum Gasteiger partial charge on any atom is 0.253 e. The molecule has 3 aromatic rings. The number of nitrogens with zero attached hydrogens (tertiary/aromatic N) is 3. The summed E-state index contributed by atoms with van der Waals surface area (Å²) in [5.41, 5.74) is 5.35. The summed E-state index contributed by atoms with van der Waals surface area (Å²) >= 11 is 1.32. The van der Waals surface area contributed by atoms with Gasteiger partial charge in [-0.1, -0.05) is 24.3 Å². The standard InChI is InChI=1S/C25H25N5O3S2/c1-17-5-3-6-18(9-11-26-17)19-7-4-8-20(13-19)22-16-34-25(28-22)29-23(31)14-27-24(32)21-10-12-30(15-21)35(2)33/h4,6-13,15-16H,3,5,14H2,1-2H3,(H,27,32)(H,28,29,31)/b11-9-,18-6+,26-17?. The van der Waals surface area contributed by atoms with Crippen molar-refractivity contribution >= 4 is 50.6 Å². The van der Waals surface area contributed by atoms with Crippen LogP contribution >= 0.6 is 11.3 Å². The van der Waals surface area contributed by atoms with Gasteiger partial charge >= 0.3 is 0 Å². The van der Waals surface area contributed by atoms with Gasteiger partial charge in [0.1, 0.15) is 11.0 Å². The van der Waals surface area contributed by atoms with Gasteiger partial charge in [0.2, 0.25) is 5.91 Å². The Morgan fingerprint density at radius 1 is 1.23 bits per heavy atom. The Morgan fingerprint density at radius 2 is 2.06 bits per heavy atom. The molecule has 1 aliphatic rings. The van der Waals surface area contributed by atoms with Crippen LogP contribution in [0.15, 0.2) is 71.4 Å². The molecule has 0 saturated carbocycles. The van der Waals surface area contributed by atoms with Crippen LogP contribution in [-0.4, -0.2) is 43.5 Å². The first-order chi connectivity index (χ1) is 16.9. The summed E-state index contributed by atoms with van der Waals surface area (Å²) in [4.78, 5) is 33.5. The third-order valence-corrected chi connectivity index (χ3v) is 6.88. The Balaban J connectivity index is 1.37. The zero-order valence-electron chi connectivity index (χ0n) is 19.4. The van der Waals surface area contributed by atoms with Crippen LogP contribution in [0.2, 0.25) is 0 Å². The summed E-state index contributed by atoms with van der Waals surface area (Å²) in [5.74, 6) is -0.799. The molecule has 2 aromatic heterocycles. The van der Waals surface area contributed by atoms with Gasteiger partial charge in [-0.2, -0.15) is 0 Å². The van der Waals surface area contributed by atoms with Gasteiger partial charge in [-0.15, -0.1) is 11.3 Å². The van der Waals surface area contributed by atoms with Crippen LogP contribution < -0.4 is 10.6 Å². The first-order valence-corrected chi connectivity index (χ1v) is 13.3. The molecule has 0 radical (unpaired) electrons. The highest BCUT2D eigenvalue weighted by atomic mass is 32.2. The molecule has 2 N–H and O–H groups in total. The van der Waals surface area contributed by atoms with E-state index in [0.717, 1.165) is 40.9 Å². The van der Waals surface area contributed by atoms with Gasteiger partial charge in [0.15, 0.2) is 5.13 Å². The Morgan fingerprint density at radius 3 is 2.86 bits per heavy atom. The van der Waals surface area contributed by atoms with Gasteiger partial charge in [0.25, 0.3) is 5.91 Å². The topological polar surface area (TPSA) is 105 Å². The summed E-state index contributed by atoms with van der Waals surface area (Å²) in [6, 6.07) is 9.65. The zero-order chi connectivity index (χ0) is 24.8. The number of nitrogens with one attached hydrogen (secondary N) is 2. The minimum absolute atomic E-state index is 0.202. The van der Waals surface area contributed by atoms with E-state index in [0.29, 0.717) is 10.7 Å². The smallest absolute Gasteiger partial charge is 0.253 e. The molecule has 1 unspecified atom stereocenters. The van der Waals surface area contributed by atoms with E-state index in [2.05, 4.69) is 38.8 Å². The molecule has 10 heteroatoms. The quantitative estimate of drug-likeness (QED) is 0.498. The molecule has 4 rings (SSSR count). The van der Waals surface area contributed by atoms with Crippen LogP contribution in [0.5, 0.6) is 0 Å². The number of aliphatic imine (C=N–C) groups is 1. The molecule has 0 bridgehead atoms. The number of amides is 2. The van der Waals surface area contributed by atoms with Gasteiger partial charge in [-0.3, -0.25) is 18.6 Å². The lowest BCUT2D eigenvalue weighted by atomic mass is 10.00. The monoisotopic (exact) mass is 507 g/mol. The van der Waals surface area contributed by atoms with Crippen molar-refractivity contribution in [2.24, 2.45) is 4.99 Å². The number of hydrogen-bond acceptors (Lipinski definition) is 6. The first-order valence-electron chi connectivity index (χ1n) is 11.0. The summed E-state index contributed by atoms with van der Waals surface area (Å²) in [5, 5.41) is 7.62. The van der Waals surface area contributed by atoms with Crippen LogP contribution in [0, 0.1) is 0 Å². The largest absolute Gasteiger partial charge is 0.343 e. The SMILES string of the molecule is CC1=N/C=C\C(c2cccc(-c3csc(NC(=O)CNC(=O)c4ccn(S(C)=O)c4)n3)c2)=C/CC1. The van der Waals surface area contributed by atoms with E-state index in [4.69, 9.17) is 0 Å². The van der Waals surface area contributed by atoms with Gasteiger partial charge in [0.05, 0.1) is 17.8 Å². The average molecular weight is 508 g/mol. The molecule has 1 aromatic carbocycles. The van der Waals surface area contributed by atoms with Gasteiger partial charge < -0.3 is 10.6 Å². The molecule has 0 fully saturated rings. The summed E-state index contributed by atoms with van der Waals surface area (Å²) < 4.78 is 12.9. The van der Waals surface area contributed by atoms with Crippen LogP contribution in [0.4, 0.5) is 5.13 Å². The fourth-order valence-electron chi connectivity index (χ4n) is 3.45. The van der Waals surface area contributed by atoms with Gasteiger partial charge in [0, 0.05) is 41.5 Å². The maximum atomic E-state index is 12.3. The second-order valence-electron chi connectivity index (χ2n) is 7.91. The van der Waals surface area contributed by atoms with E-state index in [9.17, 15) is 13.8 Å². The van der Waals surface area contributed by atoms with Crippen LogP contribution in [0.25, 0.3) is 16.8 Å². The molecule has 1 atom stereocenters. The number of hydrogen-bond donors (Lipinski definition) is 2. The number of aromatic nitrogens is 2. The van der Waals surface area contributed by atoms with Gasteiger partial charge in [-0.05, 0) is 49.1 Å². The predicted octanol–water partition coefficient (Wildman–Crippen LogP) is 4.27. The van der Waals surface area contributed by atoms with E-state index >= 15 is 0 Å². The molecule has 0 spiro atoms. The van der Waals surface area contributed by atoms with Crippen LogP contribution in [-0.2, 0) is 15.8 Å². The normalized spacial score (nSPS) is 16.7. The molecule has 3 heterocycles. The molecule has 180 valence electrons. The molecule has 35 heavy (non-hydrogen) atoms. The average Bonchev–Trinajstić information content (AvgIpc) is 3.50. The van der Waals surface area contributed by atoms with Crippen LogP contribution in [0.1, 0.15) is 35.7 Å². The Labute approximate surface area is 210 Å². The zero-order valence-corrected chi connectivity index (χ0v) is 21.0. The second-order valence-corrected chi connectivity index (χ2v) is 10.0. The summed E-state index contributed by atoms with van der Waals surface area (Å²) in [6.07, 6.45) is 12.5. The van der Waals surface area contributed by atoms with Crippen LogP contribution in [0.3, 0.4) is 0 Å². The molecule has 1 aliphatic heterocycles. The third kappa shape index (κ3) is 6.49. The van der Waals surface area contributed by atoms with E-state index in [1.54, 1.807) is 12.3 Å². The molecular weight excluding hydrogens is 482 g/mol. The first kappa shape index (κ1) is 24.5. The van der Waals surface area contributed by atoms with Gasteiger partial charge in [-0.25, -0.2) is 9.19 Å². The molecule has 0 saturated heterocycles. The lowest BCUT2D eigenvalue weighted by molar-refractivity contribution is -0.115. The number of allylic oxidation sites excluding steroid dienone is 3. The Kier molecular flexibility index (Phi) is 7.84. The highest BCUT2D eigenvalue weighted by molar-refractivity contribution is 7.82. The number of carbonyl (C=O) groups excluding carboxylic acids is 2. The fraction of sp³-hybridized carbons (Fsp3) is 0.200. The maximum absolute atomic E-state index is 12.3. The summed E-state index contributed by atoms with van der Waals surface area (Å²) in [6.45, 7) is 1.83. The number of thiazole rings is 1. The third-order valence-electron chi connectivity index (χ3n) is 5.30. The highest BCUT2D eigenvalue weighted by Crippen LogP contribution is 2.28. The van der Waals surface area contributed by atoms with Crippen molar-refractivity contribution in [2.45, 2.75) is 19.8 Å². The Bertz CT molecular complexity index is 1370. The van der Waals surface area contributed by atoms with Crippen molar-refractivity contribution in [3.63, 3.8) is 0 Å². The lowest BCUT2D eigenvalue weighted by Gasteiger charge is -2.07. The number of anilines is 1. The highest BCUT2D eigenvalue weighted by Gasteiger charge is 2.13. The second kappa shape index (κ2) is 11.2.